The predicted molar refractivity (Wildman–Crippen MR) is 69.5 cm³/mol. The lowest BCUT2D eigenvalue weighted by Gasteiger charge is -2.28. The number of carbonyl (C=O) groups excluding carboxylic acids is 2. The van der Waals surface area contributed by atoms with Crippen molar-refractivity contribution >= 4 is 11.9 Å². The van der Waals surface area contributed by atoms with Crippen molar-refractivity contribution in [3.63, 3.8) is 0 Å². The SMILES string of the molecule is COC(=O)CC(c1ccccc1)C1CCCOC1=O. The summed E-state index contributed by atoms with van der Waals surface area (Å²) in [4.78, 5) is 23.5. The van der Waals surface area contributed by atoms with Crippen molar-refractivity contribution in [2.75, 3.05) is 13.7 Å². The third-order valence-corrected chi connectivity index (χ3v) is 3.53. The lowest BCUT2D eigenvalue weighted by atomic mass is 9.80. The third-order valence-electron chi connectivity index (χ3n) is 3.53. The molecule has 0 aliphatic carbocycles. The molecular weight excluding hydrogens is 244 g/mol. The highest BCUT2D eigenvalue weighted by atomic mass is 16.5. The van der Waals surface area contributed by atoms with Crippen molar-refractivity contribution in [3.05, 3.63) is 35.9 Å². The molecule has 0 bridgehead atoms. The van der Waals surface area contributed by atoms with E-state index < -0.39 is 0 Å². The van der Waals surface area contributed by atoms with E-state index >= 15 is 0 Å². The van der Waals surface area contributed by atoms with Crippen LogP contribution in [0.1, 0.15) is 30.7 Å². The van der Waals surface area contributed by atoms with Crippen LogP contribution in [0.4, 0.5) is 0 Å². The molecule has 1 aliphatic heterocycles. The van der Waals surface area contributed by atoms with Crippen molar-refractivity contribution in [1.29, 1.82) is 0 Å². The first-order valence-corrected chi connectivity index (χ1v) is 6.50. The first-order chi connectivity index (χ1) is 9.22. The highest BCUT2D eigenvalue weighted by Gasteiger charge is 2.34. The average molecular weight is 262 g/mol. The number of hydrogen-bond donors (Lipinski definition) is 0. The Hall–Kier alpha value is -1.84. The highest BCUT2D eigenvalue weighted by Crippen LogP contribution is 2.34. The van der Waals surface area contributed by atoms with Crippen molar-refractivity contribution in [3.8, 4) is 0 Å². The zero-order valence-corrected chi connectivity index (χ0v) is 11.0. The second-order valence-corrected chi connectivity index (χ2v) is 4.71. The topological polar surface area (TPSA) is 52.6 Å². The summed E-state index contributed by atoms with van der Waals surface area (Å²) in [7, 11) is 1.36. The van der Waals surface area contributed by atoms with E-state index in [2.05, 4.69) is 0 Å². The fourth-order valence-corrected chi connectivity index (χ4v) is 2.52. The van der Waals surface area contributed by atoms with Gasteiger partial charge in [0.2, 0.25) is 0 Å². The Morgan fingerprint density at radius 3 is 2.79 bits per heavy atom. The van der Waals surface area contributed by atoms with Crippen LogP contribution < -0.4 is 0 Å². The van der Waals surface area contributed by atoms with Gasteiger partial charge in [-0.1, -0.05) is 30.3 Å². The molecule has 0 amide bonds. The number of esters is 2. The van der Waals surface area contributed by atoms with E-state index in [0.717, 1.165) is 18.4 Å². The minimum Gasteiger partial charge on any atom is -0.469 e. The van der Waals surface area contributed by atoms with E-state index in [1.807, 2.05) is 30.3 Å². The maximum atomic E-state index is 11.9. The van der Waals surface area contributed by atoms with Gasteiger partial charge in [0.1, 0.15) is 0 Å². The Balaban J connectivity index is 2.23. The Morgan fingerprint density at radius 2 is 2.16 bits per heavy atom. The Labute approximate surface area is 112 Å². The quantitative estimate of drug-likeness (QED) is 0.781. The van der Waals surface area contributed by atoms with Gasteiger partial charge >= 0.3 is 11.9 Å². The van der Waals surface area contributed by atoms with Crippen LogP contribution in [0, 0.1) is 5.92 Å². The first-order valence-electron chi connectivity index (χ1n) is 6.50. The Bertz CT molecular complexity index is 441. The van der Waals surface area contributed by atoms with Gasteiger partial charge in [-0.2, -0.15) is 0 Å². The van der Waals surface area contributed by atoms with Crippen molar-refractivity contribution in [2.45, 2.75) is 25.2 Å². The van der Waals surface area contributed by atoms with Crippen LogP contribution in [0.3, 0.4) is 0 Å². The van der Waals surface area contributed by atoms with Gasteiger partial charge in [0.25, 0.3) is 0 Å². The summed E-state index contributed by atoms with van der Waals surface area (Å²) in [5.41, 5.74) is 0.983. The molecule has 2 rings (SSSR count). The van der Waals surface area contributed by atoms with E-state index in [0.29, 0.717) is 6.61 Å². The average Bonchev–Trinajstić information content (AvgIpc) is 2.46. The molecule has 1 saturated heterocycles. The zero-order valence-electron chi connectivity index (χ0n) is 11.0. The van der Waals surface area contributed by atoms with Gasteiger partial charge in [0, 0.05) is 5.92 Å². The second-order valence-electron chi connectivity index (χ2n) is 4.71. The summed E-state index contributed by atoms with van der Waals surface area (Å²) in [5.74, 6) is -0.923. The van der Waals surface area contributed by atoms with Crippen LogP contribution >= 0.6 is 0 Å². The minimum absolute atomic E-state index is 0.165. The molecule has 0 spiro atoms. The largest absolute Gasteiger partial charge is 0.469 e. The molecule has 2 atom stereocenters. The molecule has 0 aromatic heterocycles. The molecule has 1 fully saturated rings. The maximum Gasteiger partial charge on any atom is 0.309 e. The third kappa shape index (κ3) is 3.34. The van der Waals surface area contributed by atoms with E-state index in [4.69, 9.17) is 9.47 Å². The number of hydrogen-bond acceptors (Lipinski definition) is 4. The number of benzene rings is 1. The molecule has 1 aliphatic rings. The number of cyclic esters (lactones) is 1. The monoisotopic (exact) mass is 262 g/mol. The summed E-state index contributed by atoms with van der Waals surface area (Å²) in [5, 5.41) is 0. The molecule has 0 N–H and O–H groups in total. The van der Waals surface area contributed by atoms with Crippen LogP contribution in [0.15, 0.2) is 30.3 Å². The lowest BCUT2D eigenvalue weighted by molar-refractivity contribution is -0.154. The fourth-order valence-electron chi connectivity index (χ4n) is 2.52. The van der Waals surface area contributed by atoms with Crippen LogP contribution in [-0.2, 0) is 19.1 Å². The maximum absolute atomic E-state index is 11.9. The number of methoxy groups -OCH3 is 1. The van der Waals surface area contributed by atoms with E-state index in [1.165, 1.54) is 7.11 Å². The van der Waals surface area contributed by atoms with Crippen molar-refractivity contribution in [2.24, 2.45) is 5.92 Å². The molecule has 1 heterocycles. The van der Waals surface area contributed by atoms with Gasteiger partial charge in [-0.05, 0) is 18.4 Å². The molecule has 1 aromatic rings. The van der Waals surface area contributed by atoms with Crippen molar-refractivity contribution < 1.29 is 19.1 Å². The molecule has 1 aromatic carbocycles. The van der Waals surface area contributed by atoms with E-state index in [1.54, 1.807) is 0 Å². The molecule has 19 heavy (non-hydrogen) atoms. The lowest BCUT2D eigenvalue weighted by Crippen LogP contribution is -2.30. The Morgan fingerprint density at radius 1 is 1.42 bits per heavy atom. The summed E-state index contributed by atoms with van der Waals surface area (Å²) >= 11 is 0. The minimum atomic E-state index is -0.299. The summed E-state index contributed by atoms with van der Waals surface area (Å²) < 4.78 is 9.85. The van der Waals surface area contributed by atoms with Gasteiger partial charge in [0.15, 0.2) is 0 Å². The van der Waals surface area contributed by atoms with Gasteiger partial charge < -0.3 is 9.47 Å². The summed E-state index contributed by atoms with van der Waals surface area (Å²) in [6, 6.07) is 9.62. The van der Waals surface area contributed by atoms with Crippen LogP contribution in [0.5, 0.6) is 0 Å². The molecule has 2 unspecified atom stereocenters. The van der Waals surface area contributed by atoms with E-state index in [9.17, 15) is 9.59 Å². The molecule has 102 valence electrons. The molecular formula is C15H18O4. The second kappa shape index (κ2) is 6.36. The standard InChI is InChI=1S/C15H18O4/c1-18-14(16)10-13(11-6-3-2-4-7-11)12-8-5-9-19-15(12)17/h2-4,6-7,12-13H,5,8-10H2,1H3. The van der Waals surface area contributed by atoms with Crippen LogP contribution in [-0.4, -0.2) is 25.7 Å². The number of carbonyl (C=O) groups is 2. The molecule has 0 radical (unpaired) electrons. The van der Waals surface area contributed by atoms with Gasteiger partial charge in [-0.25, -0.2) is 0 Å². The van der Waals surface area contributed by atoms with Gasteiger partial charge in [-0.3, -0.25) is 9.59 Å². The van der Waals surface area contributed by atoms with Crippen LogP contribution in [0.2, 0.25) is 0 Å². The normalized spacial score (nSPS) is 20.5. The number of ether oxygens (including phenoxy) is 2. The summed E-state index contributed by atoms with van der Waals surface area (Å²) in [6.45, 7) is 0.481. The first kappa shape index (κ1) is 13.6. The molecule has 4 heteroatoms. The zero-order chi connectivity index (χ0) is 13.7. The number of rotatable bonds is 4. The Kier molecular flexibility index (Phi) is 4.55. The van der Waals surface area contributed by atoms with Gasteiger partial charge in [0.05, 0.1) is 26.1 Å². The van der Waals surface area contributed by atoms with Gasteiger partial charge in [-0.15, -0.1) is 0 Å². The van der Waals surface area contributed by atoms with Crippen molar-refractivity contribution in [1.82, 2.24) is 0 Å². The highest BCUT2D eigenvalue weighted by molar-refractivity contribution is 5.77. The molecule has 4 nitrogen and oxygen atoms in total. The smallest absolute Gasteiger partial charge is 0.309 e. The van der Waals surface area contributed by atoms with E-state index in [-0.39, 0.29) is 30.2 Å². The summed E-state index contributed by atoms with van der Waals surface area (Å²) in [6.07, 6.45) is 1.82. The van der Waals surface area contributed by atoms with Crippen LogP contribution in [0.25, 0.3) is 0 Å². The predicted octanol–water partition coefficient (Wildman–Crippen LogP) is 2.29. The fraction of sp³-hybridized carbons (Fsp3) is 0.467. The molecule has 0 saturated carbocycles.